The van der Waals surface area contributed by atoms with Gasteiger partial charge in [0, 0.05) is 42.5 Å². The van der Waals surface area contributed by atoms with Crippen molar-refractivity contribution >= 4 is 48.6 Å². The van der Waals surface area contributed by atoms with Gasteiger partial charge in [-0.1, -0.05) is 184 Å². The molecule has 280 valence electrons. The fourth-order valence-electron chi connectivity index (χ4n) is 9.28. The van der Waals surface area contributed by atoms with Gasteiger partial charge in [-0.25, -0.2) is 0 Å². The van der Waals surface area contributed by atoms with E-state index in [9.17, 15) is 0 Å². The first-order chi connectivity index (χ1) is 29.0. The minimum atomic E-state index is 0.0122. The van der Waals surface area contributed by atoms with Crippen LogP contribution in [0.3, 0.4) is 0 Å². The van der Waals surface area contributed by atoms with Crippen LogP contribution in [-0.4, -0.2) is 0 Å². The average molecular weight is 772 g/mol. The number of anilines is 3. The third-order valence-electron chi connectivity index (χ3n) is 12.3. The van der Waals surface area contributed by atoms with Crippen LogP contribution in [0, 0.1) is 0 Å². The molecule has 0 atom stereocenters. The molecule has 0 fully saturated rings. The number of nitrogens with zero attached hydrogens (tertiary/aromatic N) is 1. The molecule has 0 saturated heterocycles. The van der Waals surface area contributed by atoms with E-state index in [1.807, 2.05) is 11.3 Å². The lowest BCUT2D eigenvalue weighted by atomic mass is 9.82. The van der Waals surface area contributed by atoms with Crippen LogP contribution in [0.2, 0.25) is 0 Å². The second kappa shape index (κ2) is 14.1. The topological polar surface area (TPSA) is 3.24 Å². The van der Waals surface area contributed by atoms with Crippen molar-refractivity contribution in [3.8, 4) is 55.6 Å². The van der Waals surface area contributed by atoms with Crippen molar-refractivity contribution in [2.75, 3.05) is 4.90 Å². The van der Waals surface area contributed by atoms with Crippen LogP contribution in [0.5, 0.6) is 0 Å². The molecule has 1 aliphatic carbocycles. The van der Waals surface area contributed by atoms with Gasteiger partial charge < -0.3 is 4.90 Å². The quantitative estimate of drug-likeness (QED) is 0.156. The number of fused-ring (bicyclic) bond motifs is 6. The van der Waals surface area contributed by atoms with E-state index in [4.69, 9.17) is 0 Å². The van der Waals surface area contributed by atoms with Crippen LogP contribution in [-0.2, 0) is 5.41 Å². The van der Waals surface area contributed by atoms with E-state index in [1.165, 1.54) is 86.9 Å². The van der Waals surface area contributed by atoms with Gasteiger partial charge in [0.05, 0.1) is 5.69 Å². The van der Waals surface area contributed by atoms with Crippen LogP contribution in [0.4, 0.5) is 17.1 Å². The molecule has 1 aromatic heterocycles. The Morgan fingerprint density at radius 3 is 1.61 bits per heavy atom. The Labute approximate surface area is 350 Å². The molecule has 0 radical (unpaired) electrons. The zero-order chi connectivity index (χ0) is 39.5. The number of para-hydroxylation sites is 1. The molecule has 0 saturated carbocycles. The first-order valence-electron chi connectivity index (χ1n) is 20.4. The minimum Gasteiger partial charge on any atom is -0.310 e. The number of hydrogen-bond donors (Lipinski definition) is 0. The van der Waals surface area contributed by atoms with Gasteiger partial charge in [0.25, 0.3) is 0 Å². The Hall–Kier alpha value is -7.00. The Morgan fingerprint density at radius 1 is 0.356 bits per heavy atom. The first-order valence-corrected chi connectivity index (χ1v) is 21.2. The molecule has 0 amide bonds. The summed E-state index contributed by atoms with van der Waals surface area (Å²) in [5, 5.41) is 2.64. The number of benzene rings is 9. The molecule has 0 unspecified atom stereocenters. The standard InChI is InChI=1S/C57H41NS/c1-57(2)52-20-9-6-16-48(52)51-37-43(31-36-53(51)57)40-25-23-38(24-26-40)39-27-32-44(33-28-39)58(54-21-10-7-15-46(54)41-13-4-3-5-14-41)45-34-29-42(30-35-45)47-18-12-19-50-49-17-8-11-22-55(49)59-56(47)50/h3-37H,1-2H3. The molecule has 2 heteroatoms. The second-order valence-corrected chi connectivity index (χ2v) is 17.2. The van der Waals surface area contributed by atoms with Gasteiger partial charge in [0.15, 0.2) is 0 Å². The summed E-state index contributed by atoms with van der Waals surface area (Å²) in [7, 11) is 0. The molecular formula is C57H41NS. The predicted molar refractivity (Wildman–Crippen MR) is 253 cm³/mol. The van der Waals surface area contributed by atoms with Crippen molar-refractivity contribution in [2.45, 2.75) is 19.3 Å². The van der Waals surface area contributed by atoms with E-state index in [-0.39, 0.29) is 5.41 Å². The first kappa shape index (κ1) is 35.2. The van der Waals surface area contributed by atoms with Crippen LogP contribution in [0.15, 0.2) is 212 Å². The Bertz CT molecular complexity index is 3150. The lowest BCUT2D eigenvalue weighted by Gasteiger charge is -2.28. The maximum absolute atomic E-state index is 2.40. The van der Waals surface area contributed by atoms with E-state index in [1.54, 1.807) is 0 Å². The highest BCUT2D eigenvalue weighted by Crippen LogP contribution is 2.50. The molecule has 9 aromatic carbocycles. The summed E-state index contributed by atoms with van der Waals surface area (Å²) in [6.45, 7) is 4.67. The van der Waals surface area contributed by atoms with Crippen molar-refractivity contribution in [1.82, 2.24) is 0 Å². The van der Waals surface area contributed by atoms with Crippen LogP contribution in [0.1, 0.15) is 25.0 Å². The molecule has 10 aromatic rings. The van der Waals surface area contributed by atoms with Crippen LogP contribution in [0.25, 0.3) is 75.8 Å². The normalized spacial score (nSPS) is 12.7. The summed E-state index contributed by atoms with van der Waals surface area (Å²) >= 11 is 1.88. The monoisotopic (exact) mass is 771 g/mol. The third kappa shape index (κ3) is 5.99. The molecule has 1 heterocycles. The Morgan fingerprint density at radius 2 is 0.864 bits per heavy atom. The summed E-state index contributed by atoms with van der Waals surface area (Å²) in [4.78, 5) is 2.40. The fourth-order valence-corrected chi connectivity index (χ4v) is 10.5. The van der Waals surface area contributed by atoms with Gasteiger partial charge in [0.1, 0.15) is 0 Å². The zero-order valence-corrected chi connectivity index (χ0v) is 33.9. The highest BCUT2D eigenvalue weighted by Gasteiger charge is 2.35. The number of hydrogen-bond acceptors (Lipinski definition) is 2. The molecule has 59 heavy (non-hydrogen) atoms. The maximum Gasteiger partial charge on any atom is 0.0540 e. The SMILES string of the molecule is CC1(C)c2ccccc2-c2cc(-c3ccc(-c4ccc(N(c5ccc(-c6cccc7c6sc6ccccc67)cc5)c5ccccc5-c5ccccc5)cc4)cc3)ccc21. The van der Waals surface area contributed by atoms with Gasteiger partial charge in [-0.2, -0.15) is 0 Å². The third-order valence-corrected chi connectivity index (χ3v) is 13.6. The van der Waals surface area contributed by atoms with Gasteiger partial charge in [-0.3, -0.25) is 0 Å². The van der Waals surface area contributed by atoms with Crippen LogP contribution < -0.4 is 4.90 Å². The largest absolute Gasteiger partial charge is 0.310 e. The summed E-state index contributed by atoms with van der Waals surface area (Å²) in [5.41, 5.74) is 18.6. The van der Waals surface area contributed by atoms with E-state index < -0.39 is 0 Å². The van der Waals surface area contributed by atoms with Crippen LogP contribution >= 0.6 is 11.3 Å². The van der Waals surface area contributed by atoms with E-state index in [2.05, 4.69) is 231 Å². The van der Waals surface area contributed by atoms with Gasteiger partial charge in [-0.05, 0) is 104 Å². The Balaban J connectivity index is 0.942. The highest BCUT2D eigenvalue weighted by molar-refractivity contribution is 7.26. The van der Waals surface area contributed by atoms with Crippen molar-refractivity contribution in [1.29, 1.82) is 0 Å². The zero-order valence-electron chi connectivity index (χ0n) is 33.1. The molecule has 1 aliphatic rings. The van der Waals surface area contributed by atoms with E-state index >= 15 is 0 Å². The van der Waals surface area contributed by atoms with Gasteiger partial charge in [0.2, 0.25) is 0 Å². The molecule has 0 aliphatic heterocycles. The summed E-state index contributed by atoms with van der Waals surface area (Å²) < 4.78 is 2.66. The highest BCUT2D eigenvalue weighted by atomic mass is 32.1. The number of rotatable bonds is 7. The summed E-state index contributed by atoms with van der Waals surface area (Å²) in [5.74, 6) is 0. The predicted octanol–water partition coefficient (Wildman–Crippen LogP) is 16.5. The maximum atomic E-state index is 2.40. The average Bonchev–Trinajstić information content (AvgIpc) is 3.79. The molecular weight excluding hydrogens is 731 g/mol. The van der Waals surface area contributed by atoms with Crippen molar-refractivity contribution in [3.63, 3.8) is 0 Å². The molecule has 0 spiro atoms. The van der Waals surface area contributed by atoms with Crippen molar-refractivity contribution < 1.29 is 0 Å². The van der Waals surface area contributed by atoms with E-state index in [0.717, 1.165) is 17.1 Å². The molecule has 0 N–H and O–H groups in total. The summed E-state index contributed by atoms with van der Waals surface area (Å²) in [6, 6.07) is 77.9. The van der Waals surface area contributed by atoms with Gasteiger partial charge >= 0.3 is 0 Å². The minimum absolute atomic E-state index is 0.0122. The molecule has 0 bridgehead atoms. The molecule has 11 rings (SSSR count). The smallest absolute Gasteiger partial charge is 0.0540 e. The lowest BCUT2D eigenvalue weighted by molar-refractivity contribution is 0.660. The van der Waals surface area contributed by atoms with Gasteiger partial charge in [-0.15, -0.1) is 11.3 Å². The fraction of sp³-hybridized carbons (Fsp3) is 0.0526. The lowest BCUT2D eigenvalue weighted by Crippen LogP contribution is -2.14. The Kier molecular flexibility index (Phi) is 8.43. The second-order valence-electron chi connectivity index (χ2n) is 16.1. The van der Waals surface area contributed by atoms with Crippen molar-refractivity contribution in [2.24, 2.45) is 0 Å². The number of thiophene rings is 1. The van der Waals surface area contributed by atoms with Crippen molar-refractivity contribution in [3.05, 3.63) is 223 Å². The summed E-state index contributed by atoms with van der Waals surface area (Å²) in [6.07, 6.45) is 0. The molecule has 1 nitrogen and oxygen atoms in total. The van der Waals surface area contributed by atoms with E-state index in [0.29, 0.717) is 0 Å².